The maximum Gasteiger partial charge on any atom is 0.717 e. The number of thiophene rings is 4. The molecule has 0 amide bonds. The topological polar surface area (TPSA) is 73.8 Å². The first-order valence-electron chi connectivity index (χ1n) is 28.4. The standard InChI is InChI=1S/C59H86F6O8S4Si8/c1-55(2,3)49-35-33-45(74-49)47-37-43(53(76-47)39-25-29-41(30-26-39)66-84(68-78(7,8)9,69-79(10,11)12)70-80(13,14)15)51-52(58(62,63)59(64,65)57(51,60)61)44-38-48(46-34-36-50(75-46)56(4,5)6)77-54(44)40-27-31-42(32-28-40)67-85(71-81(16,17)18,72-82(19,20)21)73-83(22,23)24/h25-38H,1-24H3. The third-order valence-electron chi connectivity index (χ3n) is 12.2. The second-order valence-corrected chi connectivity index (χ2v) is 66.5. The minimum Gasteiger partial charge on any atom is -0.482 e. The highest BCUT2D eigenvalue weighted by atomic mass is 32.1. The molecule has 0 saturated carbocycles. The number of hydrogen-bond donors (Lipinski definition) is 0. The number of hydrogen-bond acceptors (Lipinski definition) is 12. The first-order chi connectivity index (χ1) is 38.2. The van der Waals surface area contributed by atoms with Crippen LogP contribution in [0.1, 0.15) is 62.4 Å². The Morgan fingerprint density at radius 2 is 0.600 bits per heavy atom. The third-order valence-corrected chi connectivity index (χ3v) is 39.6. The van der Waals surface area contributed by atoms with Crippen molar-refractivity contribution in [1.29, 1.82) is 0 Å². The molecule has 1 aliphatic rings. The number of halogens is 6. The molecule has 0 radical (unpaired) electrons. The van der Waals surface area contributed by atoms with E-state index in [9.17, 15) is 0 Å². The van der Waals surface area contributed by atoms with Crippen LogP contribution in [-0.2, 0) is 35.5 Å². The Morgan fingerprint density at radius 1 is 0.341 bits per heavy atom. The van der Waals surface area contributed by atoms with Crippen LogP contribution in [0, 0.1) is 0 Å². The van der Waals surface area contributed by atoms with Gasteiger partial charge in [0.25, 0.3) is 0 Å². The molecular formula is C59H86F6O8S4Si8. The highest BCUT2D eigenvalue weighted by Crippen LogP contribution is 2.68. The van der Waals surface area contributed by atoms with Gasteiger partial charge in [0.2, 0.25) is 0 Å². The Hall–Kier alpha value is -2.34. The van der Waals surface area contributed by atoms with Gasteiger partial charge in [0.15, 0.2) is 49.9 Å². The zero-order valence-electron chi connectivity index (χ0n) is 53.7. The van der Waals surface area contributed by atoms with Gasteiger partial charge in [-0.25, -0.2) is 0 Å². The van der Waals surface area contributed by atoms with Gasteiger partial charge in [-0.15, -0.1) is 45.3 Å². The van der Waals surface area contributed by atoms with Crippen LogP contribution in [0.4, 0.5) is 26.3 Å². The van der Waals surface area contributed by atoms with Gasteiger partial charge in [-0.1, -0.05) is 41.5 Å². The normalized spacial score (nSPS) is 16.6. The second-order valence-electron chi connectivity index (χ2n) is 29.5. The summed E-state index contributed by atoms with van der Waals surface area (Å²) in [6.07, 6.45) is 0. The molecule has 2 aromatic carbocycles. The van der Waals surface area contributed by atoms with Gasteiger partial charge >= 0.3 is 35.9 Å². The number of rotatable bonds is 22. The predicted molar refractivity (Wildman–Crippen MR) is 365 cm³/mol. The highest BCUT2D eigenvalue weighted by molar-refractivity contribution is 7.25. The van der Waals surface area contributed by atoms with Gasteiger partial charge in [0.1, 0.15) is 11.5 Å². The van der Waals surface area contributed by atoms with Gasteiger partial charge in [0, 0.05) is 61.3 Å². The summed E-state index contributed by atoms with van der Waals surface area (Å²) in [6.45, 7) is 48.7. The number of benzene rings is 2. The van der Waals surface area contributed by atoms with E-state index < -0.39 is 108 Å². The van der Waals surface area contributed by atoms with Crippen molar-refractivity contribution in [2.24, 2.45) is 0 Å². The van der Waals surface area contributed by atoms with Crippen molar-refractivity contribution in [3.05, 3.63) is 106 Å². The molecule has 8 nitrogen and oxygen atoms in total. The smallest absolute Gasteiger partial charge is 0.482 e. The van der Waals surface area contributed by atoms with Crippen molar-refractivity contribution in [3.8, 4) is 51.9 Å². The fourth-order valence-corrected chi connectivity index (χ4v) is 36.9. The van der Waals surface area contributed by atoms with Crippen LogP contribution in [0.15, 0.2) is 84.9 Å². The molecule has 0 spiro atoms. The Morgan fingerprint density at radius 3 is 0.824 bits per heavy atom. The van der Waals surface area contributed by atoms with Crippen molar-refractivity contribution >= 4 is 124 Å². The fourth-order valence-electron chi connectivity index (χ4n) is 9.14. The molecule has 1 aliphatic carbocycles. The van der Waals surface area contributed by atoms with Crippen LogP contribution in [-0.4, -0.2) is 85.8 Å². The minimum atomic E-state index is -5.86. The van der Waals surface area contributed by atoms with Crippen LogP contribution in [0.3, 0.4) is 0 Å². The summed E-state index contributed by atoms with van der Waals surface area (Å²) in [6, 6.07) is 23.4. The molecule has 468 valence electrons. The Labute approximate surface area is 526 Å². The number of alkyl halides is 6. The zero-order chi connectivity index (χ0) is 64.1. The summed E-state index contributed by atoms with van der Waals surface area (Å²) in [5.41, 5.74) is -3.73. The van der Waals surface area contributed by atoms with Gasteiger partial charge < -0.3 is 33.5 Å². The fraction of sp³-hybridized carbons (Fsp3) is 0.492. The molecule has 85 heavy (non-hydrogen) atoms. The van der Waals surface area contributed by atoms with Crippen LogP contribution < -0.4 is 8.85 Å². The Bertz CT molecular complexity index is 3080. The van der Waals surface area contributed by atoms with E-state index in [4.69, 9.17) is 33.5 Å². The van der Waals surface area contributed by atoms with Crippen molar-refractivity contribution in [1.82, 2.24) is 0 Å². The largest absolute Gasteiger partial charge is 0.717 e. The molecule has 0 saturated heterocycles. The molecular weight excluding hydrogens is 1300 g/mol. The summed E-state index contributed by atoms with van der Waals surface area (Å²) in [7, 11) is -22.3. The molecule has 7 rings (SSSR count). The molecule has 4 heterocycles. The van der Waals surface area contributed by atoms with Gasteiger partial charge in [-0.2, -0.15) is 26.3 Å². The van der Waals surface area contributed by atoms with Crippen LogP contribution >= 0.6 is 45.3 Å². The van der Waals surface area contributed by atoms with E-state index in [1.807, 2.05) is 184 Å². The van der Waals surface area contributed by atoms with Crippen LogP contribution in [0.5, 0.6) is 11.5 Å². The molecule has 0 atom stereocenters. The number of allylic oxidation sites excluding steroid dienone is 2. The Balaban J connectivity index is 1.50. The molecule has 26 heteroatoms. The summed E-state index contributed by atoms with van der Waals surface area (Å²) < 4.78 is 158. The van der Waals surface area contributed by atoms with Crippen molar-refractivity contribution < 1.29 is 59.9 Å². The molecule has 0 N–H and O–H groups in total. The second kappa shape index (κ2) is 23.7. The molecule has 6 aromatic rings. The lowest BCUT2D eigenvalue weighted by atomic mass is 9.92. The maximum absolute atomic E-state index is 17.6. The zero-order valence-corrected chi connectivity index (χ0v) is 65.0. The first-order valence-corrected chi connectivity index (χ1v) is 55.4. The van der Waals surface area contributed by atoms with E-state index in [-0.39, 0.29) is 20.6 Å². The molecule has 0 fully saturated rings. The lowest BCUT2D eigenvalue weighted by Gasteiger charge is -2.40. The van der Waals surface area contributed by atoms with Crippen LogP contribution in [0.2, 0.25) is 118 Å². The van der Waals surface area contributed by atoms with Crippen molar-refractivity contribution in [2.45, 2.75) is 188 Å². The first kappa shape index (κ1) is 70.1. The van der Waals surface area contributed by atoms with Gasteiger partial charge in [-0.05, 0) is 225 Å². The summed E-state index contributed by atoms with van der Waals surface area (Å²) >= 11 is 5.01. The predicted octanol–water partition coefficient (Wildman–Crippen LogP) is 21.8. The SMILES string of the molecule is CC(C)(C)c1ccc(-c2cc(C3=C(c4cc(-c5ccc(C(C)(C)C)s5)sc4-c4ccc(O[Si](O[Si](C)(C)C)(O[Si](C)(C)C)O[Si](C)(C)C)cc4)C(F)(F)C(F)(F)C3(F)F)c(-c3ccc(O[Si](O[Si](C)(C)C)(O[Si](C)(C)C)O[Si](C)(C)C)cc3)s2)s1. The lowest BCUT2D eigenvalue weighted by Crippen LogP contribution is -2.64. The minimum absolute atomic E-state index is 0.0901. The average Bonchev–Trinajstić information content (AvgIpc) is 1.53. The van der Waals surface area contributed by atoms with Crippen molar-refractivity contribution in [3.63, 3.8) is 0 Å². The van der Waals surface area contributed by atoms with E-state index in [0.717, 1.165) is 32.4 Å². The monoisotopic (exact) mass is 1390 g/mol. The average molecular weight is 1390 g/mol. The summed E-state index contributed by atoms with van der Waals surface area (Å²) in [5.74, 6) is -16.0. The summed E-state index contributed by atoms with van der Waals surface area (Å²) in [5, 5.41) is 0. The quantitative estimate of drug-likeness (QED) is 0.0492. The van der Waals surface area contributed by atoms with E-state index in [2.05, 4.69) is 0 Å². The van der Waals surface area contributed by atoms with Crippen LogP contribution in [0.25, 0.3) is 51.5 Å². The van der Waals surface area contributed by atoms with E-state index >= 15 is 26.3 Å². The van der Waals surface area contributed by atoms with Gasteiger partial charge in [0.05, 0.1) is 0 Å². The van der Waals surface area contributed by atoms with E-state index in [1.54, 1.807) is 48.5 Å². The summed E-state index contributed by atoms with van der Waals surface area (Å²) in [4.78, 5) is 4.36. The van der Waals surface area contributed by atoms with Crippen molar-refractivity contribution in [2.75, 3.05) is 0 Å². The van der Waals surface area contributed by atoms with E-state index in [0.29, 0.717) is 42.1 Å². The molecule has 4 aromatic heterocycles. The maximum atomic E-state index is 17.6. The molecule has 0 aliphatic heterocycles. The van der Waals surface area contributed by atoms with E-state index in [1.165, 1.54) is 34.8 Å². The lowest BCUT2D eigenvalue weighted by molar-refractivity contribution is -0.254. The molecule has 0 bridgehead atoms. The highest BCUT2D eigenvalue weighted by Gasteiger charge is 2.80. The third kappa shape index (κ3) is 16.8. The van der Waals surface area contributed by atoms with Gasteiger partial charge in [-0.3, -0.25) is 0 Å². The molecule has 0 unspecified atom stereocenters. The Kier molecular flexibility index (Phi) is 19.6.